The topological polar surface area (TPSA) is 69.4 Å². The van der Waals surface area contributed by atoms with Crippen LogP contribution >= 0.6 is 31.9 Å². The molecule has 3 N–H and O–H groups in total. The van der Waals surface area contributed by atoms with Crippen LogP contribution in [0.2, 0.25) is 0 Å². The predicted octanol–water partition coefficient (Wildman–Crippen LogP) is 3.18. The van der Waals surface area contributed by atoms with Gasteiger partial charge in [-0.3, -0.25) is 10.8 Å². The molecule has 0 amide bonds. The summed E-state index contributed by atoms with van der Waals surface area (Å²) in [5, 5.41) is 0. The van der Waals surface area contributed by atoms with Gasteiger partial charge < -0.3 is 9.47 Å². The first-order valence-corrected chi connectivity index (χ1v) is 7.68. The largest absolute Gasteiger partial charge is 0.493 e. The smallest absolute Gasteiger partial charge is 0.161 e. The quantitative estimate of drug-likeness (QED) is 0.578. The van der Waals surface area contributed by atoms with Crippen LogP contribution in [0.3, 0.4) is 0 Å². The normalized spacial score (nSPS) is 12.0. The summed E-state index contributed by atoms with van der Waals surface area (Å²) in [6.45, 7) is 0. The Balaban J connectivity index is 2.46. The highest BCUT2D eigenvalue weighted by Gasteiger charge is 2.19. The molecule has 112 valence electrons. The maximum Gasteiger partial charge on any atom is 0.161 e. The summed E-state index contributed by atoms with van der Waals surface area (Å²) in [7, 11) is 3.20. The Kier molecular flexibility index (Phi) is 5.58. The minimum absolute atomic E-state index is 0.271. The van der Waals surface area contributed by atoms with Gasteiger partial charge in [-0.15, -0.1) is 0 Å². The number of ether oxygens (including phenoxy) is 2. The van der Waals surface area contributed by atoms with E-state index >= 15 is 0 Å². The molecule has 1 heterocycles. The second-order valence-electron chi connectivity index (χ2n) is 4.23. The summed E-state index contributed by atoms with van der Waals surface area (Å²) in [5.74, 6) is 7.02. The predicted molar refractivity (Wildman–Crippen MR) is 88.3 cm³/mol. The fraction of sp³-hybridized carbons (Fsp3) is 0.214. The molecule has 1 atom stereocenters. The van der Waals surface area contributed by atoms with E-state index in [0.717, 1.165) is 20.2 Å². The van der Waals surface area contributed by atoms with Crippen molar-refractivity contribution in [2.45, 2.75) is 6.04 Å². The van der Waals surface area contributed by atoms with Crippen LogP contribution in [0, 0.1) is 0 Å². The standard InChI is InChI=1S/C14H15Br2N3O2/c1-20-11-4-3-8(5-12(11)21-2)13(19-17)14-10(16)6-9(15)7-18-14/h3-7,13,19H,17H2,1-2H3. The first-order valence-electron chi connectivity index (χ1n) is 6.09. The molecular weight excluding hydrogens is 402 g/mol. The van der Waals surface area contributed by atoms with E-state index < -0.39 is 0 Å². The molecule has 0 spiro atoms. The molecule has 1 aromatic heterocycles. The Labute approximate surface area is 140 Å². The fourth-order valence-corrected chi connectivity index (χ4v) is 3.22. The van der Waals surface area contributed by atoms with Crippen molar-refractivity contribution < 1.29 is 9.47 Å². The van der Waals surface area contributed by atoms with Gasteiger partial charge >= 0.3 is 0 Å². The van der Waals surface area contributed by atoms with Crippen molar-refractivity contribution >= 4 is 31.9 Å². The van der Waals surface area contributed by atoms with Gasteiger partial charge in [-0.1, -0.05) is 6.07 Å². The summed E-state index contributed by atoms with van der Waals surface area (Å²) in [6, 6.07) is 7.28. The van der Waals surface area contributed by atoms with Gasteiger partial charge in [-0.2, -0.15) is 0 Å². The number of nitrogens with zero attached hydrogens (tertiary/aromatic N) is 1. The highest BCUT2D eigenvalue weighted by molar-refractivity contribution is 9.11. The highest BCUT2D eigenvalue weighted by Crippen LogP contribution is 2.33. The van der Waals surface area contributed by atoms with E-state index in [9.17, 15) is 0 Å². The third-order valence-corrected chi connectivity index (χ3v) is 4.09. The zero-order chi connectivity index (χ0) is 15.4. The van der Waals surface area contributed by atoms with Crippen molar-refractivity contribution in [3.63, 3.8) is 0 Å². The molecular formula is C14H15Br2N3O2. The minimum Gasteiger partial charge on any atom is -0.493 e. The molecule has 0 aliphatic carbocycles. The average molecular weight is 417 g/mol. The first-order chi connectivity index (χ1) is 10.1. The maximum atomic E-state index is 5.71. The fourth-order valence-electron chi connectivity index (χ4n) is 2.00. The van der Waals surface area contributed by atoms with Crippen LogP contribution < -0.4 is 20.7 Å². The number of aromatic nitrogens is 1. The number of nitrogens with two attached hydrogens (primary N) is 1. The number of methoxy groups -OCH3 is 2. The van der Waals surface area contributed by atoms with Crippen molar-refractivity contribution in [3.05, 3.63) is 50.7 Å². The molecule has 0 bridgehead atoms. The monoisotopic (exact) mass is 415 g/mol. The van der Waals surface area contributed by atoms with Crippen LogP contribution in [0.15, 0.2) is 39.4 Å². The summed E-state index contributed by atoms with van der Waals surface area (Å²) in [5.41, 5.74) is 4.49. The van der Waals surface area contributed by atoms with Crippen molar-refractivity contribution in [2.75, 3.05) is 14.2 Å². The van der Waals surface area contributed by atoms with E-state index in [4.69, 9.17) is 15.3 Å². The van der Waals surface area contributed by atoms with E-state index in [1.807, 2.05) is 24.3 Å². The Morgan fingerprint density at radius 2 is 1.86 bits per heavy atom. The Morgan fingerprint density at radius 1 is 1.14 bits per heavy atom. The number of pyridine rings is 1. The lowest BCUT2D eigenvalue weighted by molar-refractivity contribution is 0.354. The van der Waals surface area contributed by atoms with E-state index in [1.165, 1.54) is 0 Å². The van der Waals surface area contributed by atoms with Gasteiger partial charge in [0.25, 0.3) is 0 Å². The molecule has 1 aromatic carbocycles. The molecule has 0 saturated carbocycles. The maximum absolute atomic E-state index is 5.71. The van der Waals surface area contributed by atoms with Crippen LogP contribution in [0.25, 0.3) is 0 Å². The number of halogens is 2. The number of nitrogens with one attached hydrogen (secondary N) is 1. The van der Waals surface area contributed by atoms with Gasteiger partial charge in [0.05, 0.1) is 26.0 Å². The van der Waals surface area contributed by atoms with Crippen molar-refractivity contribution in [1.29, 1.82) is 0 Å². The van der Waals surface area contributed by atoms with Crippen molar-refractivity contribution in [1.82, 2.24) is 10.4 Å². The zero-order valence-electron chi connectivity index (χ0n) is 11.6. The molecule has 0 aliphatic heterocycles. The number of benzene rings is 1. The molecule has 0 fully saturated rings. The molecule has 0 aliphatic rings. The molecule has 5 nitrogen and oxygen atoms in total. The highest BCUT2D eigenvalue weighted by atomic mass is 79.9. The van der Waals surface area contributed by atoms with E-state index in [2.05, 4.69) is 42.3 Å². The minimum atomic E-state index is -0.271. The molecule has 0 saturated heterocycles. The lowest BCUT2D eigenvalue weighted by Crippen LogP contribution is -2.29. The van der Waals surface area contributed by atoms with Gasteiger partial charge in [-0.25, -0.2) is 5.43 Å². The SMILES string of the molecule is COc1ccc(C(NN)c2ncc(Br)cc2Br)cc1OC. The Hall–Kier alpha value is -1.15. The first kappa shape index (κ1) is 16.2. The number of rotatable bonds is 5. The Morgan fingerprint density at radius 3 is 2.43 bits per heavy atom. The Bertz CT molecular complexity index is 638. The van der Waals surface area contributed by atoms with Crippen LogP contribution in [0.4, 0.5) is 0 Å². The van der Waals surface area contributed by atoms with Crippen molar-refractivity contribution in [2.24, 2.45) is 5.84 Å². The van der Waals surface area contributed by atoms with Crippen LogP contribution in [0.5, 0.6) is 11.5 Å². The molecule has 21 heavy (non-hydrogen) atoms. The summed E-state index contributed by atoms with van der Waals surface area (Å²) in [4.78, 5) is 4.42. The molecule has 2 rings (SSSR count). The third kappa shape index (κ3) is 3.55. The van der Waals surface area contributed by atoms with Crippen LogP contribution in [-0.4, -0.2) is 19.2 Å². The van der Waals surface area contributed by atoms with Gasteiger partial charge in [-0.05, 0) is 55.6 Å². The van der Waals surface area contributed by atoms with E-state index in [-0.39, 0.29) is 6.04 Å². The van der Waals surface area contributed by atoms with Crippen molar-refractivity contribution in [3.8, 4) is 11.5 Å². The number of hydrazine groups is 1. The molecule has 1 unspecified atom stereocenters. The van der Waals surface area contributed by atoms with Gasteiger partial charge in [0.2, 0.25) is 0 Å². The second-order valence-corrected chi connectivity index (χ2v) is 6.00. The zero-order valence-corrected chi connectivity index (χ0v) is 14.7. The van der Waals surface area contributed by atoms with E-state index in [0.29, 0.717) is 11.5 Å². The number of hydrogen-bond acceptors (Lipinski definition) is 5. The molecule has 0 radical (unpaired) electrons. The van der Waals surface area contributed by atoms with Gasteiger partial charge in [0, 0.05) is 15.1 Å². The summed E-state index contributed by atoms with van der Waals surface area (Å²) >= 11 is 6.89. The lowest BCUT2D eigenvalue weighted by Gasteiger charge is -2.19. The lowest BCUT2D eigenvalue weighted by atomic mass is 10.0. The summed E-state index contributed by atoms with van der Waals surface area (Å²) < 4.78 is 12.3. The molecule has 2 aromatic rings. The summed E-state index contributed by atoms with van der Waals surface area (Å²) in [6.07, 6.45) is 1.73. The van der Waals surface area contributed by atoms with Gasteiger partial charge in [0.15, 0.2) is 11.5 Å². The van der Waals surface area contributed by atoms with E-state index in [1.54, 1.807) is 20.4 Å². The second kappa shape index (κ2) is 7.22. The van der Waals surface area contributed by atoms with Crippen LogP contribution in [0.1, 0.15) is 17.3 Å². The molecule has 7 heteroatoms. The average Bonchev–Trinajstić information content (AvgIpc) is 2.49. The third-order valence-electron chi connectivity index (χ3n) is 3.02. The van der Waals surface area contributed by atoms with Crippen LogP contribution in [-0.2, 0) is 0 Å². The van der Waals surface area contributed by atoms with Gasteiger partial charge in [0.1, 0.15) is 0 Å². The number of hydrogen-bond donors (Lipinski definition) is 2.